The second kappa shape index (κ2) is 7.50. The van der Waals surface area contributed by atoms with Crippen LogP contribution in [0.15, 0.2) is 43.0 Å². The first kappa shape index (κ1) is 21.4. The van der Waals surface area contributed by atoms with Crippen LogP contribution in [0, 0.1) is 0 Å². The molecule has 2 saturated heterocycles. The largest absolute Gasteiger partial charge is 0.458 e. The highest BCUT2D eigenvalue weighted by Crippen LogP contribution is 2.53. The van der Waals surface area contributed by atoms with Gasteiger partial charge in [-0.3, -0.25) is 14.5 Å². The predicted molar refractivity (Wildman–Crippen MR) is 113 cm³/mol. The number of rotatable bonds is 5. The molecule has 1 aromatic carbocycles. The normalized spacial score (nSPS) is 28.4. The first-order chi connectivity index (χ1) is 13.5. The third kappa shape index (κ3) is 3.67. The van der Waals surface area contributed by atoms with Gasteiger partial charge in [-0.05, 0) is 39.8 Å². The molecular weight excluding hydrogens is 390 g/mol. The summed E-state index contributed by atoms with van der Waals surface area (Å²) in [5.74, 6) is -1.12. The van der Waals surface area contributed by atoms with E-state index in [1.54, 1.807) is 51.1 Å². The number of β-lactam (4-membered cyclic amide) rings is 1. The lowest BCUT2D eigenvalue weighted by Crippen LogP contribution is -2.72. The minimum Gasteiger partial charge on any atom is -0.458 e. The van der Waals surface area contributed by atoms with E-state index in [0.717, 1.165) is 0 Å². The number of para-hydroxylation sites is 1. The van der Waals surface area contributed by atoms with Gasteiger partial charge in [-0.25, -0.2) is 4.79 Å². The summed E-state index contributed by atoms with van der Waals surface area (Å²) in [5, 5.41) is -0.390. The highest BCUT2D eigenvalue weighted by Gasteiger charge is 2.67. The van der Waals surface area contributed by atoms with Gasteiger partial charge in [0.15, 0.2) is 0 Å². The summed E-state index contributed by atoms with van der Waals surface area (Å²) in [6.45, 7) is 10.9. The van der Waals surface area contributed by atoms with Gasteiger partial charge >= 0.3 is 5.97 Å². The maximum absolute atomic E-state index is 13.2. The minimum atomic E-state index is -0.802. The van der Waals surface area contributed by atoms with Gasteiger partial charge in [0, 0.05) is 5.69 Å². The Kier molecular flexibility index (Phi) is 5.53. The molecular formula is C21H27N3O4S. The Bertz CT molecular complexity index is 838. The number of amides is 2. The Morgan fingerprint density at radius 1 is 1.34 bits per heavy atom. The Morgan fingerprint density at radius 2 is 1.97 bits per heavy atom. The van der Waals surface area contributed by atoms with Crippen LogP contribution in [0.4, 0.5) is 5.69 Å². The van der Waals surface area contributed by atoms with Gasteiger partial charge in [-0.15, -0.1) is 18.3 Å². The fourth-order valence-corrected chi connectivity index (χ4v) is 5.38. The summed E-state index contributed by atoms with van der Waals surface area (Å²) in [5.41, 5.74) is 5.54. The number of benzene rings is 1. The molecule has 3 rings (SSSR count). The molecule has 2 fully saturated rings. The number of hydrogen-bond donors (Lipinski definition) is 1. The Hall–Kier alpha value is -2.32. The molecule has 1 unspecified atom stereocenters. The van der Waals surface area contributed by atoms with E-state index in [2.05, 4.69) is 6.58 Å². The molecule has 0 bridgehead atoms. The number of anilines is 1. The van der Waals surface area contributed by atoms with Gasteiger partial charge in [0.1, 0.15) is 23.1 Å². The SMILES string of the molecule is C=C[C@@]1(C)S[C@H]2[C@H](N(C(=O)CN)c3ccccc3)C(=O)N2C1C(=O)OC(C)(C)C. The molecule has 2 aliphatic rings. The maximum atomic E-state index is 13.2. The zero-order valence-corrected chi connectivity index (χ0v) is 17.9. The van der Waals surface area contributed by atoms with Gasteiger partial charge in [-0.1, -0.05) is 24.3 Å². The summed E-state index contributed by atoms with van der Waals surface area (Å²) in [7, 11) is 0. The van der Waals surface area contributed by atoms with Crippen LogP contribution in [-0.4, -0.2) is 57.0 Å². The lowest BCUT2D eigenvalue weighted by Gasteiger charge is -2.48. The first-order valence-corrected chi connectivity index (χ1v) is 10.4. The average Bonchev–Trinajstić information content (AvgIpc) is 2.95. The van der Waals surface area contributed by atoms with Crippen LogP contribution in [0.1, 0.15) is 27.7 Å². The molecule has 2 heterocycles. The summed E-state index contributed by atoms with van der Waals surface area (Å²) in [6, 6.07) is 7.43. The summed E-state index contributed by atoms with van der Waals surface area (Å²) in [4.78, 5) is 41.7. The molecule has 2 N–H and O–H groups in total. The molecule has 0 saturated carbocycles. The van der Waals surface area contributed by atoms with Crippen LogP contribution in [0.25, 0.3) is 0 Å². The van der Waals surface area contributed by atoms with Crippen molar-refractivity contribution in [2.45, 2.75) is 55.5 Å². The topological polar surface area (TPSA) is 92.9 Å². The number of fused-ring (bicyclic) bond motifs is 1. The number of carbonyl (C=O) groups excluding carboxylic acids is 3. The summed E-state index contributed by atoms with van der Waals surface area (Å²) >= 11 is 1.44. The van der Waals surface area contributed by atoms with Crippen molar-refractivity contribution in [3.8, 4) is 0 Å². The van der Waals surface area contributed by atoms with Gasteiger partial charge in [0.05, 0.1) is 11.3 Å². The van der Waals surface area contributed by atoms with Gasteiger partial charge in [0.25, 0.3) is 5.91 Å². The van der Waals surface area contributed by atoms with Gasteiger partial charge in [0.2, 0.25) is 5.91 Å². The van der Waals surface area contributed by atoms with Crippen molar-refractivity contribution in [2.24, 2.45) is 5.73 Å². The number of thioether (sulfide) groups is 1. The van der Waals surface area contributed by atoms with Crippen molar-refractivity contribution in [1.29, 1.82) is 0 Å². The maximum Gasteiger partial charge on any atom is 0.331 e. The molecule has 2 aliphatic heterocycles. The van der Waals surface area contributed by atoms with E-state index < -0.39 is 33.8 Å². The molecule has 7 nitrogen and oxygen atoms in total. The standard InChI is InChI=1S/C21H27N3O4S/c1-6-21(5)16(19(27)28-20(2,3)4)24-17(26)15(18(24)29-21)23(14(25)12-22)13-10-8-7-9-11-13/h6-11,15-16,18H,1,12,22H2,2-5H3/t15-,16?,18+,21-/m1/s1. The fraction of sp³-hybridized carbons (Fsp3) is 0.476. The smallest absolute Gasteiger partial charge is 0.331 e. The molecule has 29 heavy (non-hydrogen) atoms. The Morgan fingerprint density at radius 3 is 2.48 bits per heavy atom. The van der Waals surface area contributed by atoms with Crippen LogP contribution in [0.5, 0.6) is 0 Å². The third-order valence-corrected chi connectivity index (χ3v) is 6.66. The molecule has 2 amide bonds. The summed E-state index contributed by atoms with van der Waals surface area (Å²) < 4.78 is 4.84. The molecule has 156 valence electrons. The number of esters is 1. The van der Waals surface area contributed by atoms with E-state index in [1.165, 1.54) is 21.6 Å². The van der Waals surface area contributed by atoms with Gasteiger partial charge in [-0.2, -0.15) is 0 Å². The quantitative estimate of drug-likeness (QED) is 0.447. The predicted octanol–water partition coefficient (Wildman–Crippen LogP) is 1.92. The van der Waals surface area contributed by atoms with E-state index >= 15 is 0 Å². The fourth-order valence-electron chi connectivity index (χ4n) is 3.72. The average molecular weight is 418 g/mol. The highest BCUT2D eigenvalue weighted by atomic mass is 32.2. The Balaban J connectivity index is 1.96. The number of nitrogens with two attached hydrogens (primary N) is 1. The van der Waals surface area contributed by atoms with E-state index in [9.17, 15) is 14.4 Å². The molecule has 0 aromatic heterocycles. The van der Waals surface area contributed by atoms with Crippen molar-refractivity contribution in [3.05, 3.63) is 43.0 Å². The Labute approximate surface area is 175 Å². The molecule has 0 aliphatic carbocycles. The van der Waals surface area contributed by atoms with Crippen molar-refractivity contribution in [1.82, 2.24) is 4.90 Å². The second-order valence-electron chi connectivity index (χ2n) is 8.33. The van der Waals surface area contributed by atoms with Gasteiger partial charge < -0.3 is 15.4 Å². The second-order valence-corrected chi connectivity index (χ2v) is 9.92. The molecule has 0 spiro atoms. The zero-order valence-electron chi connectivity index (χ0n) is 17.1. The van der Waals surface area contributed by atoms with Crippen molar-refractivity contribution >= 4 is 35.2 Å². The third-order valence-electron chi connectivity index (χ3n) is 5.04. The van der Waals surface area contributed by atoms with E-state index in [1.807, 2.05) is 13.0 Å². The number of hydrogen-bond acceptors (Lipinski definition) is 6. The van der Waals surface area contributed by atoms with Crippen LogP contribution in [0.3, 0.4) is 0 Å². The van der Waals surface area contributed by atoms with Crippen LogP contribution >= 0.6 is 11.8 Å². The number of carbonyl (C=O) groups is 3. The van der Waals surface area contributed by atoms with E-state index in [-0.39, 0.29) is 18.4 Å². The monoisotopic (exact) mass is 417 g/mol. The molecule has 8 heteroatoms. The van der Waals surface area contributed by atoms with E-state index in [0.29, 0.717) is 5.69 Å². The lowest BCUT2D eigenvalue weighted by molar-refractivity contribution is -0.170. The van der Waals surface area contributed by atoms with Crippen LogP contribution in [-0.2, 0) is 19.1 Å². The van der Waals surface area contributed by atoms with E-state index in [4.69, 9.17) is 10.5 Å². The number of ether oxygens (including phenoxy) is 1. The molecule has 1 aromatic rings. The molecule has 4 atom stereocenters. The summed E-state index contributed by atoms with van der Waals surface area (Å²) in [6.07, 6.45) is 1.67. The van der Waals surface area contributed by atoms with Crippen LogP contribution < -0.4 is 10.6 Å². The van der Waals surface area contributed by atoms with Crippen LogP contribution in [0.2, 0.25) is 0 Å². The van der Waals surface area contributed by atoms with Crippen molar-refractivity contribution in [2.75, 3.05) is 11.4 Å². The minimum absolute atomic E-state index is 0.218. The highest BCUT2D eigenvalue weighted by molar-refractivity contribution is 8.02. The lowest BCUT2D eigenvalue weighted by atomic mass is 9.93. The van der Waals surface area contributed by atoms with Crippen molar-refractivity contribution < 1.29 is 19.1 Å². The van der Waals surface area contributed by atoms with Crippen molar-refractivity contribution in [3.63, 3.8) is 0 Å². The zero-order chi connectivity index (χ0) is 21.6. The molecule has 0 radical (unpaired) electrons. The first-order valence-electron chi connectivity index (χ1n) is 9.47. The number of nitrogens with zero attached hydrogens (tertiary/aromatic N) is 2.